The molecule has 2 aromatic rings. The van der Waals surface area contributed by atoms with E-state index in [2.05, 4.69) is 20.9 Å². The fraction of sp³-hybridized carbons (Fsp3) is 0.400. The van der Waals surface area contributed by atoms with E-state index >= 15 is 0 Å². The van der Waals surface area contributed by atoms with Crippen molar-refractivity contribution >= 4 is 33.4 Å². The number of rotatable bonds is 4. The molecule has 1 aliphatic heterocycles. The lowest BCUT2D eigenvalue weighted by Crippen LogP contribution is -2.60. The molecule has 1 saturated heterocycles. The molecule has 1 aliphatic carbocycles. The van der Waals surface area contributed by atoms with Crippen molar-refractivity contribution in [3.63, 3.8) is 0 Å². The molecule has 0 bridgehead atoms. The number of halogens is 2. The van der Waals surface area contributed by atoms with Gasteiger partial charge in [-0.2, -0.15) is 0 Å². The Morgan fingerprint density at radius 3 is 2.54 bits per heavy atom. The minimum Gasteiger partial charge on any atom is -0.470 e. The molecule has 1 saturated carbocycles. The molecule has 2 aliphatic rings. The van der Waals surface area contributed by atoms with Crippen LogP contribution in [0.25, 0.3) is 0 Å². The number of amides is 1. The highest BCUT2D eigenvalue weighted by Crippen LogP contribution is 2.43. The van der Waals surface area contributed by atoms with Crippen molar-refractivity contribution in [2.75, 3.05) is 13.1 Å². The van der Waals surface area contributed by atoms with Crippen molar-refractivity contribution in [2.24, 2.45) is 0 Å². The van der Waals surface area contributed by atoms with Gasteiger partial charge in [-0.3, -0.25) is 4.79 Å². The number of hydrogen-bond donors (Lipinski definition) is 0. The minimum absolute atomic E-state index is 0.00572. The highest BCUT2D eigenvalue weighted by atomic mass is 79.9. The molecule has 4 rings (SSSR count). The average Bonchev–Trinajstić information content (AvgIpc) is 3.10. The van der Waals surface area contributed by atoms with E-state index in [1.54, 1.807) is 6.20 Å². The first-order valence-corrected chi connectivity index (χ1v) is 10.1. The number of benzene rings is 1. The van der Waals surface area contributed by atoms with Gasteiger partial charge in [0.1, 0.15) is 6.10 Å². The van der Waals surface area contributed by atoms with Crippen molar-refractivity contribution in [3.8, 4) is 5.88 Å². The van der Waals surface area contributed by atoms with Crippen LogP contribution in [0.2, 0.25) is 5.02 Å². The topological polar surface area (TPSA) is 42.4 Å². The number of carbonyl (C=O) groups excluding carboxylic acids is 1. The van der Waals surface area contributed by atoms with E-state index in [9.17, 15) is 4.79 Å². The predicted octanol–water partition coefficient (Wildman–Crippen LogP) is 4.60. The molecule has 0 radical (unpaired) electrons. The van der Waals surface area contributed by atoms with E-state index in [0.717, 1.165) is 35.7 Å². The first kappa shape index (κ1) is 17.8. The summed E-state index contributed by atoms with van der Waals surface area (Å²) in [5.74, 6) is 0.801. The van der Waals surface area contributed by atoms with Gasteiger partial charge >= 0.3 is 0 Å². The molecule has 2 heterocycles. The first-order valence-electron chi connectivity index (χ1n) is 8.91. The highest BCUT2D eigenvalue weighted by Gasteiger charge is 2.48. The minimum atomic E-state index is -0.402. The van der Waals surface area contributed by atoms with Crippen LogP contribution in [0.5, 0.6) is 5.88 Å². The first-order chi connectivity index (χ1) is 12.6. The summed E-state index contributed by atoms with van der Waals surface area (Å²) in [5.41, 5.74) is 0.683. The molecule has 6 heteroatoms. The second-order valence-corrected chi connectivity index (χ2v) is 8.33. The summed E-state index contributed by atoms with van der Waals surface area (Å²) in [4.78, 5) is 19.5. The highest BCUT2D eigenvalue weighted by molar-refractivity contribution is 9.10. The number of likely N-dealkylation sites (tertiary alicyclic amines) is 1. The molecular formula is C20H20BrClN2O2. The number of aromatic nitrogens is 1. The van der Waals surface area contributed by atoms with Gasteiger partial charge < -0.3 is 9.64 Å². The van der Waals surface area contributed by atoms with E-state index in [1.165, 1.54) is 0 Å². The SMILES string of the molecule is O=C(N1CC(Oc2ncccc2Br)C1)C1(c2ccc(Cl)cc2)CCCC1. The molecule has 0 spiro atoms. The maximum atomic E-state index is 13.3. The number of pyridine rings is 1. The fourth-order valence-corrected chi connectivity index (χ4v) is 4.44. The van der Waals surface area contributed by atoms with Crippen LogP contribution in [0.4, 0.5) is 0 Å². The lowest BCUT2D eigenvalue weighted by atomic mass is 9.77. The third-order valence-electron chi connectivity index (χ3n) is 5.40. The summed E-state index contributed by atoms with van der Waals surface area (Å²) in [7, 11) is 0. The lowest BCUT2D eigenvalue weighted by Gasteiger charge is -2.43. The van der Waals surface area contributed by atoms with Gasteiger partial charge in [0.15, 0.2) is 0 Å². The van der Waals surface area contributed by atoms with Crippen molar-refractivity contribution in [1.82, 2.24) is 9.88 Å². The monoisotopic (exact) mass is 434 g/mol. The number of hydrogen-bond acceptors (Lipinski definition) is 3. The Kier molecular flexibility index (Phi) is 4.93. The summed E-state index contributed by atoms with van der Waals surface area (Å²) in [6.07, 6.45) is 5.68. The van der Waals surface area contributed by atoms with Crippen LogP contribution < -0.4 is 4.74 Å². The van der Waals surface area contributed by atoms with Crippen molar-refractivity contribution < 1.29 is 9.53 Å². The van der Waals surface area contributed by atoms with Crippen LogP contribution >= 0.6 is 27.5 Å². The van der Waals surface area contributed by atoms with Crippen LogP contribution in [0.15, 0.2) is 47.1 Å². The molecule has 2 fully saturated rings. The van der Waals surface area contributed by atoms with E-state index in [-0.39, 0.29) is 12.0 Å². The van der Waals surface area contributed by atoms with E-state index in [1.807, 2.05) is 41.3 Å². The smallest absolute Gasteiger partial charge is 0.233 e. The second-order valence-electron chi connectivity index (χ2n) is 7.04. The van der Waals surface area contributed by atoms with Crippen molar-refractivity contribution in [1.29, 1.82) is 0 Å². The van der Waals surface area contributed by atoms with Crippen LogP contribution in [-0.2, 0) is 10.2 Å². The molecular weight excluding hydrogens is 416 g/mol. The van der Waals surface area contributed by atoms with Crippen LogP contribution in [0.3, 0.4) is 0 Å². The van der Waals surface area contributed by atoms with Gasteiger partial charge in [0.05, 0.1) is 23.0 Å². The van der Waals surface area contributed by atoms with E-state index in [0.29, 0.717) is 24.0 Å². The maximum Gasteiger partial charge on any atom is 0.233 e. The van der Waals surface area contributed by atoms with Gasteiger partial charge in [0.2, 0.25) is 11.8 Å². The van der Waals surface area contributed by atoms with Crippen molar-refractivity contribution in [3.05, 3.63) is 57.7 Å². The molecule has 26 heavy (non-hydrogen) atoms. The summed E-state index contributed by atoms with van der Waals surface area (Å²) in [6, 6.07) is 11.5. The Labute approximate surface area is 166 Å². The Hall–Kier alpha value is -1.59. The zero-order valence-corrected chi connectivity index (χ0v) is 16.7. The normalized spacial score (nSPS) is 19.2. The van der Waals surface area contributed by atoms with Gasteiger partial charge in [-0.25, -0.2) is 4.98 Å². The molecule has 1 aromatic heterocycles. The zero-order valence-electron chi connectivity index (χ0n) is 14.3. The Bertz CT molecular complexity index is 800. The molecule has 1 amide bonds. The molecule has 1 aromatic carbocycles. The van der Waals surface area contributed by atoms with E-state index in [4.69, 9.17) is 16.3 Å². The van der Waals surface area contributed by atoms with Gasteiger partial charge in [-0.05, 0) is 58.6 Å². The summed E-state index contributed by atoms with van der Waals surface area (Å²) in [5, 5.41) is 0.702. The zero-order chi connectivity index (χ0) is 18.1. The molecule has 0 atom stereocenters. The Balaban J connectivity index is 1.45. The lowest BCUT2D eigenvalue weighted by molar-refractivity contribution is -0.146. The van der Waals surface area contributed by atoms with Gasteiger partial charge in [0, 0.05) is 11.2 Å². The third-order valence-corrected chi connectivity index (χ3v) is 6.26. The second kappa shape index (κ2) is 7.20. The van der Waals surface area contributed by atoms with Crippen LogP contribution in [0.1, 0.15) is 31.2 Å². The average molecular weight is 436 g/mol. The molecule has 4 nitrogen and oxygen atoms in total. The van der Waals surface area contributed by atoms with Crippen molar-refractivity contribution in [2.45, 2.75) is 37.2 Å². The number of carbonyl (C=O) groups is 1. The third kappa shape index (κ3) is 3.23. The van der Waals surface area contributed by atoms with Crippen LogP contribution in [-0.4, -0.2) is 35.0 Å². The molecule has 136 valence electrons. The molecule has 0 unspecified atom stereocenters. The summed E-state index contributed by atoms with van der Waals surface area (Å²) < 4.78 is 6.74. The van der Waals surface area contributed by atoms with Gasteiger partial charge in [-0.1, -0.05) is 36.6 Å². The van der Waals surface area contributed by atoms with E-state index < -0.39 is 5.41 Å². The largest absolute Gasteiger partial charge is 0.470 e. The summed E-state index contributed by atoms with van der Waals surface area (Å²) >= 11 is 9.47. The number of nitrogens with zero attached hydrogens (tertiary/aromatic N) is 2. The predicted molar refractivity (Wildman–Crippen MR) is 105 cm³/mol. The Morgan fingerprint density at radius 2 is 1.88 bits per heavy atom. The van der Waals surface area contributed by atoms with Gasteiger partial charge in [-0.15, -0.1) is 0 Å². The quantitative estimate of drug-likeness (QED) is 0.705. The standard InChI is InChI=1S/C20H20BrClN2O2/c21-17-4-3-11-23-18(17)26-16-12-24(13-16)19(25)20(9-1-2-10-20)14-5-7-15(22)8-6-14/h3-8,11,16H,1-2,9-10,12-13H2. The Morgan fingerprint density at radius 1 is 1.19 bits per heavy atom. The van der Waals surface area contributed by atoms with Gasteiger partial charge in [0.25, 0.3) is 0 Å². The number of ether oxygens (including phenoxy) is 1. The maximum absolute atomic E-state index is 13.3. The van der Waals surface area contributed by atoms with Crippen LogP contribution in [0, 0.1) is 0 Å². The molecule has 0 N–H and O–H groups in total. The summed E-state index contributed by atoms with van der Waals surface area (Å²) in [6.45, 7) is 1.22. The fourth-order valence-electron chi connectivity index (χ4n) is 3.97.